The first-order chi connectivity index (χ1) is 28.5. The topological polar surface area (TPSA) is 400 Å². The van der Waals surface area contributed by atoms with Crippen molar-refractivity contribution in [1.29, 1.82) is 0 Å². The number of amides is 9. The van der Waals surface area contributed by atoms with E-state index in [0.717, 1.165) is 6.92 Å². The standard InChI is InChI=1S/C38H68N10O14/c1-15(2)11-23(44-32(55)22(39)14-49)33(56)41-18(7)30(53)43-24(13-26(40)52)34(57)48-29(21(10)51)37(60)46-27(17(5)6)35(58)42-19(8)31(54)47-28(20(9)50)36(59)45-25(38(61)62)12-16(3)4/h15-25,27-29,49-51H,11-14,39H2,1-10H3,(H2,40,52)(H,41,56)(H,42,58)(H,43,53)(H,44,55)(H,45,59)(H,46,60)(H,47,54)(H,48,57)(H,61,62)/t18-,19-,20+,21+,22-,23-,24-,25-,27-,28-,29-/m0/s1. The number of carbonyl (C=O) groups is 10. The predicted molar refractivity (Wildman–Crippen MR) is 220 cm³/mol. The predicted octanol–water partition coefficient (Wildman–Crippen LogP) is -5.31. The molecule has 9 amide bonds. The maximum atomic E-state index is 13.5. The van der Waals surface area contributed by atoms with Gasteiger partial charge in [-0.2, -0.15) is 0 Å². The molecule has 24 nitrogen and oxygen atoms in total. The number of aliphatic carboxylic acids is 1. The lowest BCUT2D eigenvalue weighted by Crippen LogP contribution is -2.63. The molecule has 0 aromatic heterocycles. The van der Waals surface area contributed by atoms with Gasteiger partial charge in [-0.25, -0.2) is 4.79 Å². The Bertz CT molecular complexity index is 1590. The van der Waals surface area contributed by atoms with Gasteiger partial charge >= 0.3 is 5.97 Å². The van der Waals surface area contributed by atoms with Crippen molar-refractivity contribution in [3.8, 4) is 0 Å². The highest BCUT2D eigenvalue weighted by Crippen LogP contribution is 2.09. The van der Waals surface area contributed by atoms with Crippen LogP contribution in [0.15, 0.2) is 0 Å². The van der Waals surface area contributed by atoms with Gasteiger partial charge in [0.25, 0.3) is 0 Å². The van der Waals surface area contributed by atoms with Crippen LogP contribution in [0.25, 0.3) is 0 Å². The van der Waals surface area contributed by atoms with E-state index in [1.807, 2.05) is 0 Å². The first kappa shape index (κ1) is 56.5. The molecule has 0 heterocycles. The molecule has 16 N–H and O–H groups in total. The Hall–Kier alpha value is -5.46. The molecule has 0 aromatic carbocycles. The lowest BCUT2D eigenvalue weighted by Gasteiger charge is -2.29. The Labute approximate surface area is 360 Å². The minimum Gasteiger partial charge on any atom is -0.480 e. The van der Waals surface area contributed by atoms with Crippen LogP contribution in [0.4, 0.5) is 0 Å². The average molecular weight is 889 g/mol. The number of primary amides is 1. The molecule has 11 atom stereocenters. The lowest BCUT2D eigenvalue weighted by atomic mass is 10.0. The first-order valence-corrected chi connectivity index (χ1v) is 20.2. The number of hydrogen-bond acceptors (Lipinski definition) is 14. The van der Waals surface area contributed by atoms with Crippen LogP contribution >= 0.6 is 0 Å². The molecule has 62 heavy (non-hydrogen) atoms. The van der Waals surface area contributed by atoms with Gasteiger partial charge in [-0.05, 0) is 58.3 Å². The van der Waals surface area contributed by atoms with E-state index in [4.69, 9.17) is 11.5 Å². The van der Waals surface area contributed by atoms with Gasteiger partial charge in [0.1, 0.15) is 54.4 Å². The summed E-state index contributed by atoms with van der Waals surface area (Å²) in [5, 5.41) is 58.0. The number of hydrogen-bond donors (Lipinski definition) is 14. The smallest absolute Gasteiger partial charge is 0.326 e. The van der Waals surface area contributed by atoms with Crippen molar-refractivity contribution in [3.05, 3.63) is 0 Å². The molecule has 0 radical (unpaired) electrons. The third-order valence-corrected chi connectivity index (χ3v) is 9.11. The van der Waals surface area contributed by atoms with E-state index in [0.29, 0.717) is 0 Å². The molecule has 0 unspecified atom stereocenters. The van der Waals surface area contributed by atoms with E-state index in [1.165, 1.54) is 34.6 Å². The number of carbonyl (C=O) groups excluding carboxylic acids is 9. The van der Waals surface area contributed by atoms with Gasteiger partial charge in [0.2, 0.25) is 53.2 Å². The number of nitrogens with two attached hydrogens (primary N) is 2. The molecule has 0 rings (SSSR count). The number of aliphatic hydroxyl groups is 3. The summed E-state index contributed by atoms with van der Waals surface area (Å²) < 4.78 is 0. The highest BCUT2D eigenvalue weighted by molar-refractivity contribution is 5.99. The summed E-state index contributed by atoms with van der Waals surface area (Å²) in [4.78, 5) is 128. The van der Waals surface area contributed by atoms with Gasteiger partial charge in [-0.3, -0.25) is 43.2 Å². The molecule has 354 valence electrons. The van der Waals surface area contributed by atoms with Crippen LogP contribution in [0, 0.1) is 17.8 Å². The Morgan fingerprint density at radius 1 is 0.468 bits per heavy atom. The largest absolute Gasteiger partial charge is 0.480 e. The van der Waals surface area contributed by atoms with E-state index in [2.05, 4.69) is 42.5 Å². The maximum absolute atomic E-state index is 13.5. The van der Waals surface area contributed by atoms with Crippen LogP contribution in [0.3, 0.4) is 0 Å². The van der Waals surface area contributed by atoms with Gasteiger partial charge in [-0.1, -0.05) is 41.5 Å². The fourth-order valence-electron chi connectivity index (χ4n) is 5.59. The highest BCUT2D eigenvalue weighted by Gasteiger charge is 2.37. The van der Waals surface area contributed by atoms with Crippen molar-refractivity contribution in [1.82, 2.24) is 42.5 Å². The zero-order valence-corrected chi connectivity index (χ0v) is 36.9. The zero-order valence-electron chi connectivity index (χ0n) is 36.9. The van der Waals surface area contributed by atoms with Crippen LogP contribution in [0.1, 0.15) is 88.5 Å². The molecule has 0 spiro atoms. The molecular formula is C38H68N10O14. The van der Waals surface area contributed by atoms with Gasteiger partial charge in [-0.15, -0.1) is 0 Å². The maximum Gasteiger partial charge on any atom is 0.326 e. The molecule has 0 saturated heterocycles. The number of aliphatic hydroxyl groups excluding tert-OH is 3. The van der Waals surface area contributed by atoms with E-state index in [1.54, 1.807) is 27.7 Å². The van der Waals surface area contributed by atoms with Crippen molar-refractivity contribution >= 4 is 59.1 Å². The summed E-state index contributed by atoms with van der Waals surface area (Å²) in [6, 6.07) is -13.1. The molecule has 0 bridgehead atoms. The molecule has 24 heteroatoms. The number of nitrogens with one attached hydrogen (secondary N) is 8. The molecule has 0 aliphatic carbocycles. The summed E-state index contributed by atoms with van der Waals surface area (Å²) in [6.45, 7) is 14.1. The Balaban J connectivity index is 5.96. The Morgan fingerprint density at radius 3 is 1.24 bits per heavy atom. The molecule has 0 aliphatic heterocycles. The van der Waals surface area contributed by atoms with E-state index < -0.39 is 145 Å². The number of carboxylic acid groups (broad SMARTS) is 1. The summed E-state index contributed by atoms with van der Waals surface area (Å²) in [5.74, 6) is -11.1. The monoisotopic (exact) mass is 888 g/mol. The molecule has 0 aliphatic rings. The molecule has 0 saturated carbocycles. The highest BCUT2D eigenvalue weighted by atomic mass is 16.4. The van der Waals surface area contributed by atoms with E-state index in [9.17, 15) is 68.4 Å². The fourth-order valence-corrected chi connectivity index (χ4v) is 5.59. The van der Waals surface area contributed by atoms with E-state index >= 15 is 0 Å². The molecular weight excluding hydrogens is 820 g/mol. The van der Waals surface area contributed by atoms with Crippen LogP contribution in [-0.4, -0.2) is 153 Å². The Morgan fingerprint density at radius 2 is 0.823 bits per heavy atom. The minimum absolute atomic E-state index is 0.0640. The second-order valence-electron chi connectivity index (χ2n) is 16.4. The zero-order chi connectivity index (χ0) is 48.3. The number of carboxylic acids is 1. The van der Waals surface area contributed by atoms with Crippen LogP contribution in [-0.2, 0) is 47.9 Å². The summed E-state index contributed by atoms with van der Waals surface area (Å²) >= 11 is 0. The van der Waals surface area contributed by atoms with Crippen molar-refractivity contribution in [2.24, 2.45) is 29.2 Å². The quantitative estimate of drug-likeness (QED) is 0.0366. The van der Waals surface area contributed by atoms with Crippen LogP contribution in [0.2, 0.25) is 0 Å². The fraction of sp³-hybridized carbons (Fsp3) is 0.737. The third kappa shape index (κ3) is 19.9. The second kappa shape index (κ2) is 26.8. The number of rotatable bonds is 27. The molecule has 0 fully saturated rings. The normalized spacial score (nSPS) is 16.7. The Kier molecular flexibility index (Phi) is 24.4. The third-order valence-electron chi connectivity index (χ3n) is 9.11. The summed E-state index contributed by atoms with van der Waals surface area (Å²) in [6.07, 6.45) is -3.75. The van der Waals surface area contributed by atoms with Crippen LogP contribution < -0.4 is 54.0 Å². The van der Waals surface area contributed by atoms with Crippen molar-refractivity contribution in [3.63, 3.8) is 0 Å². The van der Waals surface area contributed by atoms with Crippen molar-refractivity contribution in [2.75, 3.05) is 6.61 Å². The van der Waals surface area contributed by atoms with Crippen molar-refractivity contribution in [2.45, 2.75) is 155 Å². The average Bonchev–Trinajstić information content (AvgIpc) is 3.15. The van der Waals surface area contributed by atoms with Gasteiger partial charge in [0.15, 0.2) is 0 Å². The SMILES string of the molecule is CC(C)C[C@H](NC(=O)[C@@H](NC(=O)[C@H](C)NC(=O)[C@@H](NC(=O)[C@@H](NC(=O)[C@H](CC(N)=O)NC(=O)[C@H](C)NC(=O)[C@H](CC(C)C)NC(=O)[C@@H](N)CO)[C@@H](C)O)C(C)C)[C@@H](C)O)C(=O)O. The van der Waals surface area contributed by atoms with Gasteiger partial charge in [0, 0.05) is 0 Å². The summed E-state index contributed by atoms with van der Waals surface area (Å²) in [5.41, 5.74) is 10.8. The van der Waals surface area contributed by atoms with Gasteiger partial charge in [0.05, 0.1) is 25.2 Å². The second-order valence-corrected chi connectivity index (χ2v) is 16.4. The lowest BCUT2D eigenvalue weighted by molar-refractivity contribution is -0.143. The molecule has 0 aromatic rings. The minimum atomic E-state index is -1.80. The van der Waals surface area contributed by atoms with Crippen molar-refractivity contribution < 1.29 is 68.4 Å². The van der Waals surface area contributed by atoms with E-state index in [-0.39, 0.29) is 24.7 Å². The first-order valence-electron chi connectivity index (χ1n) is 20.2. The van der Waals surface area contributed by atoms with Gasteiger partial charge < -0.3 is 74.4 Å². The van der Waals surface area contributed by atoms with Crippen LogP contribution in [0.5, 0.6) is 0 Å². The summed E-state index contributed by atoms with van der Waals surface area (Å²) in [7, 11) is 0.